The minimum absolute atomic E-state index is 0.205. The summed E-state index contributed by atoms with van der Waals surface area (Å²) in [5.74, 6) is -0.695. The molecule has 6 rings (SSSR count). The summed E-state index contributed by atoms with van der Waals surface area (Å²) in [6, 6.07) is 21.1. The molecule has 4 aromatic rings. The van der Waals surface area contributed by atoms with E-state index in [9.17, 15) is 18.8 Å². The summed E-state index contributed by atoms with van der Waals surface area (Å²) in [5, 5.41) is 2.33. The van der Waals surface area contributed by atoms with Crippen molar-refractivity contribution in [1.29, 1.82) is 0 Å². The molecule has 37 heavy (non-hydrogen) atoms. The number of rotatable bonds is 4. The van der Waals surface area contributed by atoms with Crippen LogP contribution in [0.2, 0.25) is 0 Å². The van der Waals surface area contributed by atoms with Crippen molar-refractivity contribution in [1.82, 2.24) is 19.8 Å². The number of carbonyl (C=O) groups excluding carboxylic acids is 3. The van der Waals surface area contributed by atoms with Gasteiger partial charge in [0.2, 0.25) is 11.8 Å². The van der Waals surface area contributed by atoms with E-state index in [-0.39, 0.29) is 30.6 Å². The Labute approximate surface area is 212 Å². The van der Waals surface area contributed by atoms with E-state index in [1.54, 1.807) is 24.3 Å². The number of hydrogen-bond acceptors (Lipinski definition) is 4. The van der Waals surface area contributed by atoms with Crippen molar-refractivity contribution >= 4 is 17.7 Å². The maximum atomic E-state index is 14.9. The largest absolute Gasteiger partial charge is 0.327 e. The molecule has 7 nitrogen and oxygen atoms in total. The van der Waals surface area contributed by atoms with Gasteiger partial charge in [0.1, 0.15) is 17.7 Å². The monoisotopic (exact) mass is 494 g/mol. The lowest BCUT2D eigenvalue weighted by atomic mass is 10.0. The van der Waals surface area contributed by atoms with E-state index in [2.05, 4.69) is 5.32 Å². The van der Waals surface area contributed by atoms with Crippen LogP contribution in [0.25, 0.3) is 33.9 Å². The molecule has 1 fully saturated rings. The van der Waals surface area contributed by atoms with Gasteiger partial charge in [-0.1, -0.05) is 48.5 Å². The van der Waals surface area contributed by atoms with Crippen LogP contribution < -0.4 is 5.32 Å². The molecule has 0 aliphatic carbocycles. The van der Waals surface area contributed by atoms with Crippen molar-refractivity contribution in [2.24, 2.45) is 7.05 Å². The third kappa shape index (κ3) is 3.81. The highest BCUT2D eigenvalue weighted by Gasteiger charge is 2.39. The number of hydrogen-bond donors (Lipinski definition) is 1. The molecule has 8 heteroatoms. The minimum atomic E-state index is -0.674. The predicted molar refractivity (Wildman–Crippen MR) is 136 cm³/mol. The Bertz CT molecular complexity index is 1580. The van der Waals surface area contributed by atoms with Crippen molar-refractivity contribution in [3.05, 3.63) is 89.7 Å². The number of nitrogens with one attached hydrogen (secondary N) is 1. The maximum absolute atomic E-state index is 14.9. The van der Waals surface area contributed by atoms with Crippen molar-refractivity contribution in [3.63, 3.8) is 0 Å². The third-order valence-corrected chi connectivity index (χ3v) is 7.05. The van der Waals surface area contributed by atoms with E-state index in [1.165, 1.54) is 11.0 Å². The summed E-state index contributed by atoms with van der Waals surface area (Å²) in [4.78, 5) is 43.5. The van der Waals surface area contributed by atoms with E-state index < -0.39 is 11.9 Å². The first-order valence-corrected chi connectivity index (χ1v) is 12.1. The van der Waals surface area contributed by atoms with Gasteiger partial charge in [0.05, 0.1) is 11.4 Å². The van der Waals surface area contributed by atoms with Gasteiger partial charge >= 0.3 is 0 Å². The number of amides is 3. The molecule has 1 aromatic heterocycles. The molecule has 3 aromatic carbocycles. The quantitative estimate of drug-likeness (QED) is 0.428. The number of benzene rings is 3. The molecule has 184 valence electrons. The zero-order chi connectivity index (χ0) is 25.7. The molecule has 1 saturated heterocycles. The van der Waals surface area contributed by atoms with Gasteiger partial charge in [0.25, 0.3) is 5.91 Å². The Balaban J connectivity index is 1.42. The molecule has 0 saturated carbocycles. The van der Waals surface area contributed by atoms with Crippen molar-refractivity contribution in [2.75, 3.05) is 0 Å². The molecule has 1 N–H and O–H groups in total. The zero-order valence-corrected chi connectivity index (χ0v) is 20.1. The van der Waals surface area contributed by atoms with Crippen LogP contribution >= 0.6 is 0 Å². The average Bonchev–Trinajstić information content (AvgIpc) is 3.41. The van der Waals surface area contributed by atoms with E-state index in [4.69, 9.17) is 4.98 Å². The van der Waals surface area contributed by atoms with E-state index in [0.717, 1.165) is 16.7 Å². The molecule has 0 spiro atoms. The summed E-state index contributed by atoms with van der Waals surface area (Å²) in [6.45, 7) is 0.268. The second-order valence-corrected chi connectivity index (χ2v) is 9.31. The lowest BCUT2D eigenvalue weighted by Crippen LogP contribution is -2.52. The number of piperidine rings is 1. The number of fused-ring (bicyclic) bond motifs is 1. The standard InChI is InChI=1S/C29H23FN4O3/c1-33-26(21-9-5-6-10-22(21)30)25(17-7-3-2-4-8-17)32-27(33)18-11-12-20-19(15-18)16-34(29(20)37)23-13-14-24(35)31-28(23)36/h2-12,15,23H,13-14,16H2,1H3,(H,31,35,36). The van der Waals surface area contributed by atoms with Gasteiger partial charge in [-0.25, -0.2) is 9.37 Å². The summed E-state index contributed by atoms with van der Waals surface area (Å²) in [6.07, 6.45) is 0.513. The number of imidazole rings is 1. The van der Waals surface area contributed by atoms with Crippen molar-refractivity contribution < 1.29 is 18.8 Å². The number of halogens is 1. The Morgan fingerprint density at radius 1 is 0.919 bits per heavy atom. The topological polar surface area (TPSA) is 84.3 Å². The van der Waals surface area contributed by atoms with Crippen LogP contribution in [0.15, 0.2) is 72.8 Å². The second kappa shape index (κ2) is 8.81. The van der Waals surface area contributed by atoms with Crippen LogP contribution in [-0.2, 0) is 23.2 Å². The van der Waals surface area contributed by atoms with Crippen LogP contribution in [0.1, 0.15) is 28.8 Å². The van der Waals surface area contributed by atoms with Gasteiger partial charge in [-0.2, -0.15) is 0 Å². The van der Waals surface area contributed by atoms with E-state index >= 15 is 0 Å². The summed E-state index contributed by atoms with van der Waals surface area (Å²) in [5.41, 5.74) is 4.71. The molecule has 3 amide bonds. The normalized spacial score (nSPS) is 17.2. The fourth-order valence-corrected chi connectivity index (χ4v) is 5.23. The number of nitrogens with zero attached hydrogens (tertiary/aromatic N) is 3. The van der Waals surface area contributed by atoms with Crippen molar-refractivity contribution in [2.45, 2.75) is 25.4 Å². The van der Waals surface area contributed by atoms with Gasteiger partial charge in [0.15, 0.2) is 0 Å². The van der Waals surface area contributed by atoms with Crippen LogP contribution in [0.3, 0.4) is 0 Å². The zero-order valence-electron chi connectivity index (χ0n) is 20.1. The van der Waals surface area contributed by atoms with Crippen molar-refractivity contribution in [3.8, 4) is 33.9 Å². The molecule has 1 unspecified atom stereocenters. The number of aromatic nitrogens is 2. The first-order valence-electron chi connectivity index (χ1n) is 12.1. The molecule has 3 heterocycles. The second-order valence-electron chi connectivity index (χ2n) is 9.31. The van der Waals surface area contributed by atoms with Gasteiger partial charge in [-0.15, -0.1) is 0 Å². The Hall–Kier alpha value is -4.59. The molecular formula is C29H23FN4O3. The van der Waals surface area contributed by atoms with Crippen LogP contribution in [0, 0.1) is 5.82 Å². The minimum Gasteiger partial charge on any atom is -0.327 e. The molecule has 1 atom stereocenters. The summed E-state index contributed by atoms with van der Waals surface area (Å²) < 4.78 is 16.8. The van der Waals surface area contributed by atoms with E-state index in [0.29, 0.717) is 34.8 Å². The van der Waals surface area contributed by atoms with Gasteiger partial charge in [-0.3, -0.25) is 19.7 Å². The highest BCUT2D eigenvalue weighted by atomic mass is 19.1. The van der Waals surface area contributed by atoms with E-state index in [1.807, 2.05) is 54.1 Å². The SMILES string of the molecule is Cn1c(-c2ccc3c(c2)CN(C2CCC(=O)NC2=O)C3=O)nc(-c2ccccc2)c1-c1ccccc1F. The lowest BCUT2D eigenvalue weighted by molar-refractivity contribution is -0.136. The Kier molecular flexibility index (Phi) is 5.44. The third-order valence-electron chi connectivity index (χ3n) is 7.05. The number of carbonyl (C=O) groups is 3. The predicted octanol–water partition coefficient (Wildman–Crippen LogP) is 4.32. The van der Waals surface area contributed by atoms with Crippen LogP contribution in [0.4, 0.5) is 4.39 Å². The smallest absolute Gasteiger partial charge is 0.255 e. The van der Waals surface area contributed by atoms with Gasteiger partial charge in [0, 0.05) is 42.3 Å². The van der Waals surface area contributed by atoms with Crippen LogP contribution in [0.5, 0.6) is 0 Å². The highest BCUT2D eigenvalue weighted by molar-refractivity contribution is 6.05. The fourth-order valence-electron chi connectivity index (χ4n) is 5.23. The first-order chi connectivity index (χ1) is 17.9. The van der Waals surface area contributed by atoms with Crippen LogP contribution in [-0.4, -0.2) is 38.2 Å². The fraction of sp³-hybridized carbons (Fsp3) is 0.172. The Morgan fingerprint density at radius 2 is 1.68 bits per heavy atom. The molecule has 0 radical (unpaired) electrons. The molecular weight excluding hydrogens is 471 g/mol. The van der Waals surface area contributed by atoms with Gasteiger partial charge < -0.3 is 9.47 Å². The lowest BCUT2D eigenvalue weighted by Gasteiger charge is -2.29. The molecule has 2 aliphatic rings. The first kappa shape index (κ1) is 22.8. The number of imide groups is 1. The summed E-state index contributed by atoms with van der Waals surface area (Å²) in [7, 11) is 1.85. The Morgan fingerprint density at radius 3 is 2.43 bits per heavy atom. The maximum Gasteiger partial charge on any atom is 0.255 e. The van der Waals surface area contributed by atoms with Gasteiger partial charge in [-0.05, 0) is 36.2 Å². The summed E-state index contributed by atoms with van der Waals surface area (Å²) >= 11 is 0. The highest BCUT2D eigenvalue weighted by Crippen LogP contribution is 2.38. The molecule has 2 aliphatic heterocycles. The molecule has 0 bridgehead atoms. The average molecular weight is 495 g/mol.